The van der Waals surface area contributed by atoms with Crippen molar-refractivity contribution in [2.24, 2.45) is 0 Å². The van der Waals surface area contributed by atoms with Crippen LogP contribution in [0.5, 0.6) is 0 Å². The number of imidazole rings is 1. The van der Waals surface area contributed by atoms with E-state index in [4.69, 9.17) is 4.98 Å². The van der Waals surface area contributed by atoms with Crippen LogP contribution < -0.4 is 0 Å². The molecule has 0 atom stereocenters. The average molecular weight is 352 g/mol. The fourth-order valence-electron chi connectivity index (χ4n) is 3.83. The summed E-state index contributed by atoms with van der Waals surface area (Å²) in [6, 6.07) is 18.2. The number of hydrogen-bond donors (Lipinski definition) is 0. The molecule has 0 fully saturated rings. The van der Waals surface area contributed by atoms with Crippen LogP contribution in [0.15, 0.2) is 48.5 Å². The fraction of sp³-hybridized carbons (Fsp3) is 0.143. The van der Waals surface area contributed by atoms with Gasteiger partial charge in [0.2, 0.25) is 0 Å². The van der Waals surface area contributed by atoms with Crippen molar-refractivity contribution in [2.45, 2.75) is 20.3 Å². The van der Waals surface area contributed by atoms with Gasteiger partial charge < -0.3 is 0 Å². The zero-order valence-corrected chi connectivity index (χ0v) is 15.0. The number of hydrogen-bond acceptors (Lipinski definition) is 4. The third-order valence-electron chi connectivity index (χ3n) is 5.11. The summed E-state index contributed by atoms with van der Waals surface area (Å²) in [6.07, 6.45) is 0.770. The van der Waals surface area contributed by atoms with Crippen LogP contribution in [0.3, 0.4) is 0 Å². The lowest BCUT2D eigenvalue weighted by atomic mass is 10.0. The second-order valence-corrected chi connectivity index (χ2v) is 6.52. The quantitative estimate of drug-likeness (QED) is 0.482. The molecule has 3 heterocycles. The first-order chi connectivity index (χ1) is 13.2. The SMILES string of the molecule is CCc1c(C)c(C#N)c2nc3ccccc3n2c1-n1nnc2ccccc21. The number of rotatable bonds is 2. The van der Waals surface area contributed by atoms with Gasteiger partial charge in [-0.2, -0.15) is 9.94 Å². The van der Waals surface area contributed by atoms with Gasteiger partial charge >= 0.3 is 0 Å². The van der Waals surface area contributed by atoms with Crippen LogP contribution in [0.4, 0.5) is 0 Å². The van der Waals surface area contributed by atoms with Crippen LogP contribution >= 0.6 is 0 Å². The number of nitriles is 1. The largest absolute Gasteiger partial charge is 0.275 e. The molecule has 5 rings (SSSR count). The van der Waals surface area contributed by atoms with Crippen molar-refractivity contribution in [3.8, 4) is 11.9 Å². The van der Waals surface area contributed by atoms with Gasteiger partial charge in [-0.05, 0) is 48.7 Å². The molecule has 5 aromatic rings. The number of aromatic nitrogens is 5. The van der Waals surface area contributed by atoms with Crippen LogP contribution in [0.25, 0.3) is 33.5 Å². The van der Waals surface area contributed by atoms with Gasteiger partial charge in [-0.15, -0.1) is 5.10 Å². The van der Waals surface area contributed by atoms with E-state index in [-0.39, 0.29) is 0 Å². The molecule has 6 nitrogen and oxygen atoms in total. The van der Waals surface area contributed by atoms with Crippen LogP contribution in [-0.2, 0) is 6.42 Å². The Kier molecular flexibility index (Phi) is 3.25. The highest BCUT2D eigenvalue weighted by Crippen LogP contribution is 2.31. The predicted octanol–water partition coefficient (Wildman–Crippen LogP) is 3.96. The molecule has 0 amide bonds. The van der Waals surface area contributed by atoms with Crippen molar-refractivity contribution < 1.29 is 0 Å². The molecular formula is C21H16N6. The third kappa shape index (κ3) is 2.02. The Morgan fingerprint density at radius 1 is 1.00 bits per heavy atom. The molecule has 0 unspecified atom stereocenters. The summed E-state index contributed by atoms with van der Waals surface area (Å²) >= 11 is 0. The topological polar surface area (TPSA) is 71.8 Å². The molecule has 6 heteroatoms. The summed E-state index contributed by atoms with van der Waals surface area (Å²) in [5.41, 5.74) is 6.84. The predicted molar refractivity (Wildman–Crippen MR) is 104 cm³/mol. The minimum absolute atomic E-state index is 0.608. The van der Waals surface area contributed by atoms with Gasteiger partial charge in [0.1, 0.15) is 17.4 Å². The summed E-state index contributed by atoms with van der Waals surface area (Å²) in [5, 5.41) is 18.6. The van der Waals surface area contributed by atoms with E-state index in [1.165, 1.54) is 0 Å². The van der Waals surface area contributed by atoms with Crippen LogP contribution in [0.2, 0.25) is 0 Å². The van der Waals surface area contributed by atoms with E-state index in [9.17, 15) is 5.26 Å². The first-order valence-electron chi connectivity index (χ1n) is 8.88. The van der Waals surface area contributed by atoms with E-state index in [0.717, 1.165) is 45.4 Å². The van der Waals surface area contributed by atoms with E-state index < -0.39 is 0 Å². The number of benzene rings is 2. The highest BCUT2D eigenvalue weighted by molar-refractivity contribution is 5.86. The van der Waals surface area contributed by atoms with Crippen LogP contribution in [0, 0.1) is 18.3 Å². The summed E-state index contributed by atoms with van der Waals surface area (Å²) < 4.78 is 3.91. The van der Waals surface area contributed by atoms with Crippen molar-refractivity contribution in [1.29, 1.82) is 5.26 Å². The van der Waals surface area contributed by atoms with Gasteiger partial charge in [0.25, 0.3) is 0 Å². The van der Waals surface area contributed by atoms with Gasteiger partial charge in [0.15, 0.2) is 5.65 Å². The van der Waals surface area contributed by atoms with E-state index in [2.05, 4.69) is 23.3 Å². The average Bonchev–Trinajstić information content (AvgIpc) is 3.29. The Morgan fingerprint density at radius 2 is 1.70 bits per heavy atom. The maximum Gasteiger partial charge on any atom is 0.157 e. The zero-order valence-electron chi connectivity index (χ0n) is 15.0. The molecule has 2 aromatic carbocycles. The van der Waals surface area contributed by atoms with Crippen LogP contribution in [-0.4, -0.2) is 24.4 Å². The van der Waals surface area contributed by atoms with Crippen molar-refractivity contribution in [2.75, 3.05) is 0 Å². The van der Waals surface area contributed by atoms with Crippen molar-refractivity contribution in [3.05, 3.63) is 65.2 Å². The fourth-order valence-corrected chi connectivity index (χ4v) is 3.83. The first kappa shape index (κ1) is 15.5. The van der Waals surface area contributed by atoms with Crippen molar-refractivity contribution >= 4 is 27.7 Å². The molecule has 0 spiro atoms. The monoisotopic (exact) mass is 352 g/mol. The standard InChI is InChI=1S/C21H16N6/c1-3-14-13(2)15(12-22)20-23-16-8-4-6-10-18(16)26(20)21(14)27-19-11-7-5-9-17(19)24-25-27/h4-11H,3H2,1-2H3. The molecule has 0 aliphatic heterocycles. The Balaban J connectivity index is 2.07. The Morgan fingerprint density at radius 3 is 2.44 bits per heavy atom. The normalized spacial score (nSPS) is 11.4. The second-order valence-electron chi connectivity index (χ2n) is 6.52. The first-order valence-corrected chi connectivity index (χ1v) is 8.88. The van der Waals surface area contributed by atoms with Gasteiger partial charge in [-0.1, -0.05) is 36.4 Å². The third-order valence-corrected chi connectivity index (χ3v) is 5.11. The smallest absolute Gasteiger partial charge is 0.157 e. The maximum atomic E-state index is 9.82. The van der Waals surface area contributed by atoms with Crippen LogP contribution in [0.1, 0.15) is 23.6 Å². The molecular weight excluding hydrogens is 336 g/mol. The second kappa shape index (κ2) is 5.64. The molecule has 0 N–H and O–H groups in total. The van der Waals surface area contributed by atoms with Gasteiger partial charge in [0.05, 0.1) is 22.1 Å². The van der Waals surface area contributed by atoms with Gasteiger partial charge in [-0.3, -0.25) is 4.40 Å². The van der Waals surface area contributed by atoms with E-state index in [1.54, 1.807) is 0 Å². The molecule has 0 bridgehead atoms. The molecule has 0 saturated carbocycles. The van der Waals surface area contributed by atoms with E-state index in [1.807, 2.05) is 64.5 Å². The summed E-state index contributed by atoms with van der Waals surface area (Å²) in [4.78, 5) is 4.75. The number of nitrogens with zero attached hydrogens (tertiary/aromatic N) is 6. The van der Waals surface area contributed by atoms with Crippen molar-refractivity contribution in [3.63, 3.8) is 0 Å². The zero-order chi connectivity index (χ0) is 18.5. The molecule has 0 radical (unpaired) electrons. The highest BCUT2D eigenvalue weighted by atomic mass is 15.5. The Labute approximate surface area is 155 Å². The minimum Gasteiger partial charge on any atom is -0.275 e. The van der Waals surface area contributed by atoms with Gasteiger partial charge in [-0.25, -0.2) is 4.98 Å². The molecule has 3 aromatic heterocycles. The summed E-state index contributed by atoms with van der Waals surface area (Å²) in [6.45, 7) is 4.08. The number of para-hydroxylation sites is 3. The lowest BCUT2D eigenvalue weighted by Gasteiger charge is -2.16. The molecule has 27 heavy (non-hydrogen) atoms. The maximum absolute atomic E-state index is 9.82. The van der Waals surface area contributed by atoms with E-state index in [0.29, 0.717) is 11.2 Å². The number of fused-ring (bicyclic) bond motifs is 4. The number of pyridine rings is 1. The Bertz CT molecular complexity index is 1380. The molecule has 130 valence electrons. The summed E-state index contributed by atoms with van der Waals surface area (Å²) in [5.74, 6) is 0.895. The van der Waals surface area contributed by atoms with Gasteiger partial charge in [0, 0.05) is 0 Å². The molecule has 0 aliphatic rings. The minimum atomic E-state index is 0.608. The molecule has 0 saturated heterocycles. The lowest BCUT2D eigenvalue weighted by molar-refractivity contribution is 0.778. The van der Waals surface area contributed by atoms with E-state index >= 15 is 0 Å². The lowest BCUT2D eigenvalue weighted by Crippen LogP contribution is -2.12. The Hall–Kier alpha value is -3.72. The summed E-state index contributed by atoms with van der Waals surface area (Å²) in [7, 11) is 0. The highest BCUT2D eigenvalue weighted by Gasteiger charge is 2.22. The molecule has 0 aliphatic carbocycles. The van der Waals surface area contributed by atoms with Crippen molar-refractivity contribution in [1.82, 2.24) is 24.4 Å².